The molecule has 4 heterocycles. The van der Waals surface area contributed by atoms with Crippen molar-refractivity contribution < 1.29 is 53.9 Å². The maximum Gasteiger partial charge on any atom is 0.416 e. The van der Waals surface area contributed by atoms with E-state index < -0.39 is 33.0 Å². The number of amides is 2. The van der Waals surface area contributed by atoms with Crippen LogP contribution in [0.4, 0.5) is 32.8 Å². The summed E-state index contributed by atoms with van der Waals surface area (Å²) in [6.45, 7) is 12.8. The first-order chi connectivity index (χ1) is 30.1. The number of halogens is 4. The molecule has 18 heteroatoms. The first-order valence-corrected chi connectivity index (χ1v) is 22.7. The van der Waals surface area contributed by atoms with Crippen LogP contribution >= 0.6 is 0 Å². The number of rotatable bonds is 6. The Hall–Kier alpha value is -6.17. The Morgan fingerprint density at radius 3 is 2.00 bits per heavy atom. The van der Waals surface area contributed by atoms with Crippen LogP contribution in [-0.4, -0.2) is 97.6 Å². The number of likely N-dealkylation sites (tertiary alicyclic amines) is 1. The molecule has 0 unspecified atom stereocenters. The number of carbonyl (C=O) groups excluding carboxylic acids is 2. The molecule has 2 amide bonds. The maximum atomic E-state index is 14.5. The highest BCUT2D eigenvalue weighted by atomic mass is 32.2. The van der Waals surface area contributed by atoms with E-state index in [9.17, 15) is 35.6 Å². The van der Waals surface area contributed by atoms with Gasteiger partial charge in [0.25, 0.3) is 0 Å². The predicted octanol–water partition coefficient (Wildman–Crippen LogP) is 10.3. The van der Waals surface area contributed by atoms with E-state index in [1.807, 2.05) is 65.0 Å². The fraction of sp³-hybridized carbons (Fsp3) is 0.391. The standard InChI is InChI=1S/C24H25F3N2O3.C22H24FN3O5S/c1-23(2,3)32-22(30)29-12-10-15(11-13-29)17-6-9-19-20(14-17)31-21(28-19)16-4-7-18(8-5-16)24(25,26)27;1-14(2)30-22(27)26-10-8-25(9-11-26)15-4-7-20-19(12-15)24-21(31-20)17-6-5-16(13-18(17)23)32(3,28)29/h4-9,14-15H,10-13H2,1-3H3;4-7,12-14H,8-11H2,1-3H3. The maximum absolute atomic E-state index is 14.5. The van der Waals surface area contributed by atoms with Gasteiger partial charge in [0.1, 0.15) is 22.5 Å². The van der Waals surface area contributed by atoms with E-state index in [0.717, 1.165) is 48.5 Å². The smallest absolute Gasteiger partial charge is 0.416 e. The lowest BCUT2D eigenvalue weighted by Gasteiger charge is -2.35. The first kappa shape index (κ1) is 45.8. The lowest BCUT2D eigenvalue weighted by molar-refractivity contribution is -0.137. The molecule has 13 nitrogen and oxygen atoms in total. The molecule has 64 heavy (non-hydrogen) atoms. The van der Waals surface area contributed by atoms with Crippen LogP contribution in [0.25, 0.3) is 45.1 Å². The van der Waals surface area contributed by atoms with Crippen LogP contribution in [0.15, 0.2) is 92.6 Å². The van der Waals surface area contributed by atoms with Crippen molar-refractivity contribution in [3.8, 4) is 22.9 Å². The number of sulfone groups is 1. The van der Waals surface area contributed by atoms with Crippen LogP contribution in [0.2, 0.25) is 0 Å². The van der Waals surface area contributed by atoms with Gasteiger partial charge in [-0.25, -0.2) is 32.4 Å². The molecule has 4 aromatic carbocycles. The zero-order valence-electron chi connectivity index (χ0n) is 36.2. The molecule has 2 saturated heterocycles. The average Bonchev–Trinajstić information content (AvgIpc) is 3.87. The van der Waals surface area contributed by atoms with Crippen LogP contribution < -0.4 is 4.90 Å². The molecule has 0 atom stereocenters. The number of piperidine rings is 1. The van der Waals surface area contributed by atoms with Gasteiger partial charge in [0.15, 0.2) is 21.0 Å². The van der Waals surface area contributed by atoms with E-state index in [0.29, 0.717) is 67.0 Å². The molecule has 0 N–H and O–H groups in total. The van der Waals surface area contributed by atoms with Gasteiger partial charge in [-0.15, -0.1) is 0 Å². The van der Waals surface area contributed by atoms with Gasteiger partial charge >= 0.3 is 18.4 Å². The molecule has 0 radical (unpaired) electrons. The Kier molecular flexibility index (Phi) is 13.0. The van der Waals surface area contributed by atoms with Crippen molar-refractivity contribution in [2.24, 2.45) is 0 Å². The number of aromatic nitrogens is 2. The van der Waals surface area contributed by atoms with Gasteiger partial charge < -0.3 is 33.0 Å². The molecule has 8 rings (SSSR count). The molecule has 0 spiro atoms. The Balaban J connectivity index is 0.000000191. The summed E-state index contributed by atoms with van der Waals surface area (Å²) in [6.07, 6.45) is -2.49. The summed E-state index contributed by atoms with van der Waals surface area (Å²) in [5.41, 5.74) is 3.66. The summed E-state index contributed by atoms with van der Waals surface area (Å²) < 4.78 is 98.4. The minimum atomic E-state index is -4.38. The fourth-order valence-electron chi connectivity index (χ4n) is 7.39. The Bertz CT molecular complexity index is 2750. The number of nitrogens with zero attached hydrogens (tertiary/aromatic N) is 5. The quantitative estimate of drug-likeness (QED) is 0.147. The summed E-state index contributed by atoms with van der Waals surface area (Å²) in [7, 11) is -3.51. The monoisotopic (exact) mass is 907 g/mol. The van der Waals surface area contributed by atoms with Gasteiger partial charge in [-0.1, -0.05) is 6.07 Å². The van der Waals surface area contributed by atoms with Gasteiger partial charge in [0.05, 0.1) is 22.1 Å². The molecule has 0 aliphatic carbocycles. The summed E-state index contributed by atoms with van der Waals surface area (Å²) in [4.78, 5) is 38.6. The van der Waals surface area contributed by atoms with Crippen molar-refractivity contribution in [1.82, 2.24) is 19.8 Å². The van der Waals surface area contributed by atoms with E-state index in [1.54, 1.807) is 15.9 Å². The number of anilines is 1. The number of piperazine rings is 1. The second kappa shape index (κ2) is 18.1. The van der Waals surface area contributed by atoms with Crippen molar-refractivity contribution >= 4 is 49.9 Å². The van der Waals surface area contributed by atoms with Crippen molar-refractivity contribution in [2.75, 3.05) is 50.4 Å². The molecule has 0 bridgehead atoms. The Morgan fingerprint density at radius 2 is 1.39 bits per heavy atom. The molecule has 2 fully saturated rings. The summed E-state index contributed by atoms with van der Waals surface area (Å²) >= 11 is 0. The normalized spacial score (nSPS) is 15.4. The second-order valence-electron chi connectivity index (χ2n) is 17.1. The van der Waals surface area contributed by atoms with E-state index >= 15 is 0 Å². The summed E-state index contributed by atoms with van der Waals surface area (Å²) in [5.74, 6) is -0.0802. The second-order valence-corrected chi connectivity index (χ2v) is 19.1. The topological polar surface area (TPSA) is 149 Å². The van der Waals surface area contributed by atoms with E-state index in [-0.39, 0.29) is 46.4 Å². The Morgan fingerprint density at radius 1 is 0.750 bits per heavy atom. The lowest BCUT2D eigenvalue weighted by atomic mass is 9.89. The third kappa shape index (κ3) is 10.9. The zero-order valence-corrected chi connectivity index (χ0v) is 37.1. The minimum absolute atomic E-state index is 0.0796. The van der Waals surface area contributed by atoms with Crippen LogP contribution in [0.5, 0.6) is 0 Å². The minimum Gasteiger partial charge on any atom is -0.447 e. The molecule has 2 aliphatic heterocycles. The third-order valence-corrected chi connectivity index (χ3v) is 11.8. The average molecular weight is 908 g/mol. The number of benzene rings is 4. The van der Waals surface area contributed by atoms with Crippen LogP contribution in [0.1, 0.15) is 64.5 Å². The van der Waals surface area contributed by atoms with Crippen molar-refractivity contribution in [1.29, 1.82) is 0 Å². The van der Waals surface area contributed by atoms with Gasteiger partial charge in [-0.2, -0.15) is 13.2 Å². The van der Waals surface area contributed by atoms with Crippen molar-refractivity contribution in [2.45, 2.75) is 76.2 Å². The first-order valence-electron chi connectivity index (χ1n) is 20.8. The number of alkyl halides is 3. The Labute approximate surface area is 367 Å². The number of hydrogen-bond acceptors (Lipinski definition) is 11. The van der Waals surface area contributed by atoms with Crippen molar-refractivity contribution in [3.63, 3.8) is 0 Å². The number of fused-ring (bicyclic) bond motifs is 2. The molecular formula is C46H49F4N5O8S. The molecule has 340 valence electrons. The van der Waals surface area contributed by atoms with Crippen LogP contribution in [-0.2, 0) is 25.5 Å². The van der Waals surface area contributed by atoms with Gasteiger partial charge in [0, 0.05) is 56.8 Å². The largest absolute Gasteiger partial charge is 0.447 e. The summed E-state index contributed by atoms with van der Waals surface area (Å²) in [6, 6.07) is 19.7. The third-order valence-electron chi connectivity index (χ3n) is 10.7. The van der Waals surface area contributed by atoms with Crippen molar-refractivity contribution in [3.05, 3.63) is 95.8 Å². The number of hydrogen-bond donors (Lipinski definition) is 0. The zero-order chi connectivity index (χ0) is 46.1. The highest BCUT2D eigenvalue weighted by Crippen LogP contribution is 2.35. The number of carbonyl (C=O) groups is 2. The highest BCUT2D eigenvalue weighted by molar-refractivity contribution is 7.90. The molecule has 2 aliphatic rings. The molecule has 6 aromatic rings. The van der Waals surface area contributed by atoms with Crippen LogP contribution in [0.3, 0.4) is 0 Å². The summed E-state index contributed by atoms with van der Waals surface area (Å²) in [5, 5.41) is 0. The number of ether oxygens (including phenoxy) is 2. The van der Waals surface area contributed by atoms with Gasteiger partial charge in [-0.05, 0) is 132 Å². The molecule has 0 saturated carbocycles. The molecular weight excluding hydrogens is 859 g/mol. The molecule has 2 aromatic heterocycles. The van der Waals surface area contributed by atoms with Crippen LogP contribution in [0, 0.1) is 5.82 Å². The van der Waals surface area contributed by atoms with E-state index in [2.05, 4.69) is 14.9 Å². The predicted molar refractivity (Wildman–Crippen MR) is 232 cm³/mol. The van der Waals surface area contributed by atoms with E-state index in [1.165, 1.54) is 24.3 Å². The van der Waals surface area contributed by atoms with Gasteiger partial charge in [-0.3, -0.25) is 0 Å². The van der Waals surface area contributed by atoms with Gasteiger partial charge in [0.2, 0.25) is 11.8 Å². The lowest BCUT2D eigenvalue weighted by Crippen LogP contribution is -2.49. The SMILES string of the molecule is CC(C)(C)OC(=O)N1CCC(c2ccc3nc(-c4ccc(C(F)(F)F)cc4)oc3c2)CC1.CC(C)OC(=O)N1CCN(c2ccc3oc(-c4ccc(S(C)(=O)=O)cc4F)nc3c2)CC1. The van der Waals surface area contributed by atoms with E-state index in [4.69, 9.17) is 18.3 Å². The number of oxazole rings is 2. The highest BCUT2D eigenvalue weighted by Gasteiger charge is 2.31. The fourth-order valence-corrected chi connectivity index (χ4v) is 8.03.